The molecule has 5 rings (SSSR count). The van der Waals surface area contributed by atoms with E-state index in [2.05, 4.69) is 21.9 Å². The number of hydrogen-bond donors (Lipinski definition) is 2. The summed E-state index contributed by atoms with van der Waals surface area (Å²) in [6, 6.07) is 21.8. The van der Waals surface area contributed by atoms with Gasteiger partial charge in [0.2, 0.25) is 5.91 Å². The number of anilines is 1. The standard InChI is InChI=1S/C29H27N3O4/c1-17-6-4-5-7-25(17)19(3)35-29(34)31-27-18(2)32-36-28(27)21-10-8-20(9-11-21)22-12-13-23-15-26(33)30-16-24(23)14-22/h4-14,19H,15-16H2,1-3H3,(H,30,33)(H,31,34). The largest absolute Gasteiger partial charge is 0.441 e. The van der Waals surface area contributed by atoms with Crippen molar-refractivity contribution in [2.24, 2.45) is 0 Å². The Hall–Kier alpha value is -4.39. The molecule has 0 saturated heterocycles. The third-order valence-corrected chi connectivity index (χ3v) is 6.51. The van der Waals surface area contributed by atoms with Crippen LogP contribution in [0.5, 0.6) is 0 Å². The Morgan fingerprint density at radius 3 is 2.50 bits per heavy atom. The maximum Gasteiger partial charge on any atom is 0.412 e. The molecule has 1 atom stereocenters. The lowest BCUT2D eigenvalue weighted by Gasteiger charge is -2.17. The summed E-state index contributed by atoms with van der Waals surface area (Å²) in [6.45, 7) is 6.15. The van der Waals surface area contributed by atoms with Crippen molar-refractivity contribution in [3.05, 3.63) is 94.7 Å². The molecule has 0 bridgehead atoms. The zero-order valence-corrected chi connectivity index (χ0v) is 20.4. The van der Waals surface area contributed by atoms with Crippen molar-refractivity contribution in [3.63, 3.8) is 0 Å². The minimum atomic E-state index is -0.573. The summed E-state index contributed by atoms with van der Waals surface area (Å²) in [5, 5.41) is 9.75. The van der Waals surface area contributed by atoms with Crippen LogP contribution in [0.4, 0.5) is 10.5 Å². The summed E-state index contributed by atoms with van der Waals surface area (Å²) in [5.41, 5.74) is 8.14. The van der Waals surface area contributed by atoms with Gasteiger partial charge < -0.3 is 14.6 Å². The van der Waals surface area contributed by atoms with E-state index < -0.39 is 12.2 Å². The Kier molecular flexibility index (Phi) is 6.29. The molecule has 0 radical (unpaired) electrons. The number of carbonyl (C=O) groups excluding carboxylic acids is 2. The lowest BCUT2D eigenvalue weighted by atomic mass is 9.95. The van der Waals surface area contributed by atoms with Crippen molar-refractivity contribution in [3.8, 4) is 22.5 Å². The van der Waals surface area contributed by atoms with Gasteiger partial charge >= 0.3 is 6.09 Å². The van der Waals surface area contributed by atoms with Crippen molar-refractivity contribution in [1.82, 2.24) is 10.5 Å². The molecular weight excluding hydrogens is 454 g/mol. The Balaban J connectivity index is 1.32. The monoisotopic (exact) mass is 481 g/mol. The topological polar surface area (TPSA) is 93.5 Å². The van der Waals surface area contributed by atoms with Crippen LogP contribution in [0.2, 0.25) is 0 Å². The third-order valence-electron chi connectivity index (χ3n) is 6.51. The molecule has 0 fully saturated rings. The average Bonchev–Trinajstić information content (AvgIpc) is 3.23. The number of amides is 2. The van der Waals surface area contributed by atoms with Crippen LogP contribution in [0.3, 0.4) is 0 Å². The van der Waals surface area contributed by atoms with Crippen LogP contribution >= 0.6 is 0 Å². The van der Waals surface area contributed by atoms with E-state index >= 15 is 0 Å². The molecule has 182 valence electrons. The number of hydrogen-bond acceptors (Lipinski definition) is 5. The van der Waals surface area contributed by atoms with E-state index in [1.54, 1.807) is 6.92 Å². The molecule has 0 aliphatic carbocycles. The Morgan fingerprint density at radius 1 is 1.00 bits per heavy atom. The van der Waals surface area contributed by atoms with E-state index in [9.17, 15) is 9.59 Å². The molecule has 2 heterocycles. The van der Waals surface area contributed by atoms with Crippen LogP contribution < -0.4 is 10.6 Å². The van der Waals surface area contributed by atoms with Gasteiger partial charge in [-0.25, -0.2) is 4.79 Å². The van der Waals surface area contributed by atoms with Gasteiger partial charge in [-0.15, -0.1) is 0 Å². The summed E-state index contributed by atoms with van der Waals surface area (Å²) in [6.07, 6.45) is -0.559. The van der Waals surface area contributed by atoms with E-state index in [0.29, 0.717) is 30.1 Å². The van der Waals surface area contributed by atoms with Crippen LogP contribution in [0.1, 0.15) is 41.0 Å². The number of nitrogens with zero attached hydrogens (tertiary/aromatic N) is 1. The van der Waals surface area contributed by atoms with Gasteiger partial charge in [-0.3, -0.25) is 10.1 Å². The highest BCUT2D eigenvalue weighted by Crippen LogP contribution is 2.33. The van der Waals surface area contributed by atoms with Crippen LogP contribution in [0.25, 0.3) is 22.5 Å². The highest BCUT2D eigenvalue weighted by atomic mass is 16.6. The Labute approximate surface area is 209 Å². The van der Waals surface area contributed by atoms with E-state index in [-0.39, 0.29) is 5.91 Å². The summed E-state index contributed by atoms with van der Waals surface area (Å²) in [5.74, 6) is 0.521. The predicted octanol–water partition coefficient (Wildman–Crippen LogP) is 6.11. The minimum Gasteiger partial charge on any atom is -0.441 e. The first kappa shape index (κ1) is 23.4. The highest BCUT2D eigenvalue weighted by molar-refractivity contribution is 5.91. The number of ether oxygens (including phenoxy) is 1. The van der Waals surface area contributed by atoms with E-state index in [1.165, 1.54) is 0 Å². The summed E-state index contributed by atoms with van der Waals surface area (Å²) < 4.78 is 11.2. The Bertz CT molecular complexity index is 1440. The zero-order valence-electron chi connectivity index (χ0n) is 20.4. The first-order valence-corrected chi connectivity index (χ1v) is 11.9. The van der Waals surface area contributed by atoms with Crippen LogP contribution in [0, 0.1) is 13.8 Å². The van der Waals surface area contributed by atoms with Gasteiger partial charge in [0, 0.05) is 12.1 Å². The zero-order chi connectivity index (χ0) is 25.2. The fourth-order valence-corrected chi connectivity index (χ4v) is 4.50. The maximum absolute atomic E-state index is 12.7. The first-order chi connectivity index (χ1) is 17.4. The SMILES string of the molecule is Cc1ccccc1C(C)OC(=O)Nc1c(C)noc1-c1ccc(-c2ccc3c(c2)CNC(=O)C3)cc1. The van der Waals surface area contributed by atoms with Gasteiger partial charge in [-0.05, 0) is 60.2 Å². The van der Waals surface area contributed by atoms with Crippen molar-refractivity contribution in [2.75, 3.05) is 5.32 Å². The fraction of sp³-hybridized carbons (Fsp3) is 0.207. The van der Waals surface area contributed by atoms with Gasteiger partial charge in [0.05, 0.1) is 6.42 Å². The number of rotatable bonds is 5. The molecule has 2 N–H and O–H groups in total. The predicted molar refractivity (Wildman–Crippen MR) is 137 cm³/mol. The summed E-state index contributed by atoms with van der Waals surface area (Å²) >= 11 is 0. The second kappa shape index (κ2) is 9.70. The molecule has 1 aromatic heterocycles. The van der Waals surface area contributed by atoms with Gasteiger partial charge in [0.25, 0.3) is 0 Å². The second-order valence-electron chi connectivity index (χ2n) is 9.02. The van der Waals surface area contributed by atoms with Gasteiger partial charge in [0.15, 0.2) is 5.76 Å². The number of fused-ring (bicyclic) bond motifs is 1. The fourth-order valence-electron chi connectivity index (χ4n) is 4.50. The molecule has 1 unspecified atom stereocenters. The maximum atomic E-state index is 12.7. The molecule has 3 aromatic carbocycles. The highest BCUT2D eigenvalue weighted by Gasteiger charge is 2.21. The molecule has 1 aliphatic rings. The van der Waals surface area contributed by atoms with Gasteiger partial charge in [-0.2, -0.15) is 0 Å². The molecule has 2 amide bonds. The molecule has 4 aromatic rings. The van der Waals surface area contributed by atoms with Gasteiger partial charge in [-0.1, -0.05) is 65.8 Å². The quantitative estimate of drug-likeness (QED) is 0.359. The average molecular weight is 482 g/mol. The lowest BCUT2D eigenvalue weighted by Crippen LogP contribution is -2.30. The number of carbonyl (C=O) groups is 2. The molecular formula is C29H27N3O4. The number of aryl methyl sites for hydroxylation is 2. The third kappa shape index (κ3) is 4.73. The number of benzene rings is 3. The van der Waals surface area contributed by atoms with Crippen molar-refractivity contribution in [1.29, 1.82) is 0 Å². The van der Waals surface area contributed by atoms with Crippen molar-refractivity contribution >= 4 is 17.7 Å². The number of aromatic nitrogens is 1. The second-order valence-corrected chi connectivity index (χ2v) is 9.02. The summed E-state index contributed by atoms with van der Waals surface area (Å²) in [4.78, 5) is 24.3. The Morgan fingerprint density at radius 2 is 1.72 bits per heavy atom. The molecule has 0 spiro atoms. The van der Waals surface area contributed by atoms with E-state index in [0.717, 1.165) is 38.9 Å². The van der Waals surface area contributed by atoms with Crippen LogP contribution in [0.15, 0.2) is 71.3 Å². The van der Waals surface area contributed by atoms with E-state index in [1.807, 2.05) is 74.5 Å². The molecule has 7 heteroatoms. The van der Waals surface area contributed by atoms with Crippen LogP contribution in [-0.4, -0.2) is 17.2 Å². The molecule has 7 nitrogen and oxygen atoms in total. The van der Waals surface area contributed by atoms with Gasteiger partial charge in [0.1, 0.15) is 17.5 Å². The summed E-state index contributed by atoms with van der Waals surface area (Å²) in [7, 11) is 0. The molecule has 0 saturated carbocycles. The molecule has 1 aliphatic heterocycles. The normalized spacial score (nSPS) is 13.5. The number of nitrogens with one attached hydrogen (secondary N) is 2. The van der Waals surface area contributed by atoms with Crippen molar-refractivity contribution in [2.45, 2.75) is 39.8 Å². The van der Waals surface area contributed by atoms with Crippen molar-refractivity contribution < 1.29 is 18.8 Å². The van der Waals surface area contributed by atoms with E-state index in [4.69, 9.17) is 9.26 Å². The minimum absolute atomic E-state index is 0.0554. The van der Waals surface area contributed by atoms with Crippen LogP contribution in [-0.2, 0) is 22.5 Å². The lowest BCUT2D eigenvalue weighted by molar-refractivity contribution is -0.121. The smallest absolute Gasteiger partial charge is 0.412 e. The first-order valence-electron chi connectivity index (χ1n) is 11.9. The molecule has 36 heavy (non-hydrogen) atoms.